The van der Waals surface area contributed by atoms with Crippen LogP contribution in [0, 0.1) is 5.82 Å². The molecule has 1 amide bonds. The van der Waals surface area contributed by atoms with Crippen molar-refractivity contribution in [2.75, 3.05) is 36.4 Å². The Morgan fingerprint density at radius 1 is 1.02 bits per heavy atom. The lowest BCUT2D eigenvalue weighted by molar-refractivity contribution is -0.129. The smallest absolute Gasteiger partial charge is 0.269 e. The van der Waals surface area contributed by atoms with E-state index in [2.05, 4.69) is 20.3 Å². The minimum atomic E-state index is -1.11. The van der Waals surface area contributed by atoms with Gasteiger partial charge in [-0.25, -0.2) is 14.4 Å². The van der Waals surface area contributed by atoms with E-state index in [-0.39, 0.29) is 32.3 Å². The fraction of sp³-hybridized carbons (Fsp3) is 0.250. The largest absolute Gasteiger partial charge is 0.493 e. The molecule has 16 heteroatoms. The lowest BCUT2D eigenvalue weighted by Gasteiger charge is -2.31. The summed E-state index contributed by atoms with van der Waals surface area (Å²) in [5.74, 6) is -0.460. The number of carbonyl (C=O) groups is 1. The Bertz CT molecular complexity index is 1500. The molecule has 0 unspecified atom stereocenters. The monoisotopic (exact) mass is 626 g/mol. The van der Waals surface area contributed by atoms with Crippen molar-refractivity contribution in [1.29, 1.82) is 0 Å². The number of pyridine rings is 1. The molecule has 3 aromatic rings. The standard InChI is InChI=1S/C24H21Cl2FN6O5S2/c1-24(2)20(34)30-18-13(38-24)6-7-16(29-18)33(22(26)40)19-12(27)10-28-23(31-19)32(21(25)39)11-8-14(35-3)17(37-5)15(9-11)36-4/h6-10H,1-5H3,(H,29,30,34). The number of methoxy groups -OCH3 is 3. The zero-order valence-corrected chi connectivity index (χ0v) is 24.8. The first-order valence-electron chi connectivity index (χ1n) is 11.2. The molecule has 0 saturated heterocycles. The normalized spacial score (nSPS) is 13.3. The summed E-state index contributed by atoms with van der Waals surface area (Å²) in [4.78, 5) is 27.4. The van der Waals surface area contributed by atoms with Gasteiger partial charge in [-0.15, -0.1) is 0 Å². The molecule has 0 fully saturated rings. The van der Waals surface area contributed by atoms with E-state index < -0.39 is 17.3 Å². The first kappa shape index (κ1) is 29.4. The highest BCUT2D eigenvalue weighted by molar-refractivity contribution is 7.83. The van der Waals surface area contributed by atoms with Gasteiger partial charge in [0.1, 0.15) is 5.82 Å². The zero-order chi connectivity index (χ0) is 29.4. The molecule has 0 atom stereocenters. The zero-order valence-electron chi connectivity index (χ0n) is 21.6. The molecule has 1 aliphatic rings. The van der Waals surface area contributed by atoms with E-state index in [4.69, 9.17) is 66.6 Å². The summed E-state index contributed by atoms with van der Waals surface area (Å²) in [6.45, 7) is 3.22. The predicted octanol–water partition coefficient (Wildman–Crippen LogP) is 5.47. The molecule has 1 aromatic carbocycles. The number of halogens is 3. The maximum atomic E-state index is 15.2. The summed E-state index contributed by atoms with van der Waals surface area (Å²) in [6.07, 6.45) is 0.895. The van der Waals surface area contributed by atoms with E-state index in [9.17, 15) is 4.79 Å². The Kier molecular flexibility index (Phi) is 8.44. The molecule has 40 heavy (non-hydrogen) atoms. The van der Waals surface area contributed by atoms with E-state index in [1.807, 2.05) is 0 Å². The van der Waals surface area contributed by atoms with Crippen LogP contribution < -0.4 is 34.1 Å². The maximum absolute atomic E-state index is 15.2. The second kappa shape index (κ2) is 11.5. The SMILES string of the molecule is COc1cc(N(C(=S)Cl)c2ncc(F)c(N(C(=S)Cl)c3ccc4c(n3)NC(=O)C(C)(C)O4)n2)cc(OC)c1OC. The first-order chi connectivity index (χ1) is 18.9. The third-order valence-electron chi connectivity index (χ3n) is 5.60. The van der Waals surface area contributed by atoms with Gasteiger partial charge in [0.05, 0.1) is 33.2 Å². The number of nitrogens with one attached hydrogen (secondary N) is 1. The lowest BCUT2D eigenvalue weighted by Crippen LogP contribution is -2.46. The van der Waals surface area contributed by atoms with E-state index in [1.165, 1.54) is 38.4 Å². The van der Waals surface area contributed by atoms with E-state index >= 15 is 4.39 Å². The number of carbonyl (C=O) groups excluding carboxylic acids is 1. The summed E-state index contributed by atoms with van der Waals surface area (Å²) in [7, 11) is 4.34. The molecular weight excluding hydrogens is 606 g/mol. The molecule has 2 aromatic heterocycles. The number of hydrogen-bond donors (Lipinski definition) is 1. The lowest BCUT2D eigenvalue weighted by atomic mass is 10.1. The molecule has 0 radical (unpaired) electrons. The van der Waals surface area contributed by atoms with Gasteiger partial charge in [0.2, 0.25) is 11.7 Å². The Balaban J connectivity index is 1.83. The maximum Gasteiger partial charge on any atom is 0.269 e. The Hall–Kier alpha value is -3.59. The van der Waals surface area contributed by atoms with Crippen LogP contribution in [0.5, 0.6) is 23.0 Å². The van der Waals surface area contributed by atoms with Crippen LogP contribution in [-0.4, -0.2) is 56.7 Å². The minimum absolute atomic E-state index is 0.0405. The number of anilines is 5. The average molecular weight is 628 g/mol. The number of benzene rings is 1. The Morgan fingerprint density at radius 2 is 1.65 bits per heavy atom. The molecule has 1 N–H and O–H groups in total. The number of fused-ring (bicyclic) bond motifs is 1. The summed E-state index contributed by atoms with van der Waals surface area (Å²) >= 11 is 23.0. The van der Waals surface area contributed by atoms with Crippen molar-refractivity contribution >= 4 is 91.5 Å². The van der Waals surface area contributed by atoms with Gasteiger partial charge < -0.3 is 24.3 Å². The fourth-order valence-corrected chi connectivity index (χ4v) is 4.41. The van der Waals surface area contributed by atoms with Crippen LogP contribution in [0.3, 0.4) is 0 Å². The van der Waals surface area contributed by atoms with Crippen LogP contribution in [-0.2, 0) is 4.79 Å². The van der Waals surface area contributed by atoms with Gasteiger partial charge in [0.15, 0.2) is 49.2 Å². The number of rotatable bonds is 7. The van der Waals surface area contributed by atoms with Gasteiger partial charge in [0, 0.05) is 12.1 Å². The van der Waals surface area contributed by atoms with E-state index in [0.717, 1.165) is 11.1 Å². The number of aromatic nitrogens is 3. The molecule has 0 bridgehead atoms. The van der Waals surface area contributed by atoms with Crippen LogP contribution >= 0.6 is 47.6 Å². The highest BCUT2D eigenvalue weighted by Crippen LogP contribution is 2.43. The molecule has 1 aliphatic heterocycles. The van der Waals surface area contributed by atoms with Crippen molar-refractivity contribution < 1.29 is 28.1 Å². The quantitative estimate of drug-likeness (QED) is 0.204. The average Bonchev–Trinajstić information content (AvgIpc) is 2.90. The van der Waals surface area contributed by atoms with Crippen molar-refractivity contribution in [2.45, 2.75) is 19.4 Å². The summed E-state index contributed by atoms with van der Waals surface area (Å²) < 4.78 is 36.6. The molecule has 0 aliphatic carbocycles. The van der Waals surface area contributed by atoms with Gasteiger partial charge in [-0.3, -0.25) is 14.6 Å². The van der Waals surface area contributed by atoms with Gasteiger partial charge in [-0.2, -0.15) is 4.98 Å². The van der Waals surface area contributed by atoms with Crippen LogP contribution in [0.4, 0.5) is 33.5 Å². The molecule has 0 saturated carbocycles. The highest BCUT2D eigenvalue weighted by Gasteiger charge is 2.37. The molecular formula is C24H21Cl2FN6O5S2. The second-order valence-electron chi connectivity index (χ2n) is 8.48. The van der Waals surface area contributed by atoms with Gasteiger partial charge in [0.25, 0.3) is 5.91 Å². The Morgan fingerprint density at radius 3 is 2.20 bits per heavy atom. The van der Waals surface area contributed by atoms with Crippen LogP contribution in [0.2, 0.25) is 0 Å². The third kappa shape index (κ3) is 5.52. The van der Waals surface area contributed by atoms with Crippen molar-refractivity contribution in [1.82, 2.24) is 15.0 Å². The first-order valence-corrected chi connectivity index (χ1v) is 12.8. The fourth-order valence-electron chi connectivity index (χ4n) is 3.70. The number of amides is 1. The highest BCUT2D eigenvalue weighted by atomic mass is 35.5. The molecule has 210 valence electrons. The summed E-state index contributed by atoms with van der Waals surface area (Å²) in [5.41, 5.74) is -0.789. The second-order valence-corrected chi connectivity index (χ2v) is 10.4. The number of thiocarbonyl (C=S) groups is 2. The van der Waals surface area contributed by atoms with Crippen LogP contribution in [0.15, 0.2) is 30.5 Å². The minimum Gasteiger partial charge on any atom is -0.493 e. The number of nitrogens with zero attached hydrogens (tertiary/aromatic N) is 5. The van der Waals surface area contributed by atoms with E-state index in [0.29, 0.717) is 28.7 Å². The predicted molar refractivity (Wildman–Crippen MR) is 157 cm³/mol. The third-order valence-corrected chi connectivity index (χ3v) is 6.30. The summed E-state index contributed by atoms with van der Waals surface area (Å²) in [5, 5.41) is 2.66. The number of hydrogen-bond acceptors (Lipinski definition) is 10. The molecule has 4 rings (SSSR count). The Labute approximate surface area is 249 Å². The van der Waals surface area contributed by atoms with Gasteiger partial charge >= 0.3 is 0 Å². The topological polar surface area (TPSA) is 111 Å². The van der Waals surface area contributed by atoms with E-state index in [1.54, 1.807) is 26.0 Å². The van der Waals surface area contributed by atoms with Gasteiger partial charge in [-0.05, 0) is 50.4 Å². The van der Waals surface area contributed by atoms with Crippen LogP contribution in [0.25, 0.3) is 0 Å². The molecule has 3 heterocycles. The van der Waals surface area contributed by atoms with Crippen molar-refractivity contribution in [2.24, 2.45) is 0 Å². The van der Waals surface area contributed by atoms with Crippen LogP contribution in [0.1, 0.15) is 13.8 Å². The molecule has 0 spiro atoms. The van der Waals surface area contributed by atoms with Crippen molar-refractivity contribution in [3.8, 4) is 23.0 Å². The van der Waals surface area contributed by atoms with Gasteiger partial charge in [-0.1, -0.05) is 23.2 Å². The molecule has 11 nitrogen and oxygen atoms in total. The number of ether oxygens (including phenoxy) is 4. The summed E-state index contributed by atoms with van der Waals surface area (Å²) in [6, 6.07) is 6.13. The van der Waals surface area contributed by atoms with Crippen molar-refractivity contribution in [3.05, 3.63) is 36.3 Å². The van der Waals surface area contributed by atoms with Crippen molar-refractivity contribution in [3.63, 3.8) is 0 Å².